The third kappa shape index (κ3) is 1.48. The Morgan fingerprint density at radius 2 is 2.00 bits per heavy atom. The van der Waals surface area contributed by atoms with E-state index in [1.54, 1.807) is 18.3 Å². The van der Waals surface area contributed by atoms with Crippen LogP contribution in [-0.2, 0) is 11.3 Å². The zero-order valence-electron chi connectivity index (χ0n) is 8.80. The normalized spacial score (nSPS) is 10.6. The highest BCUT2D eigenvalue weighted by atomic mass is 16.4. The van der Waals surface area contributed by atoms with E-state index in [-0.39, 0.29) is 5.56 Å². The Morgan fingerprint density at radius 3 is 2.62 bits per heavy atom. The van der Waals surface area contributed by atoms with Gasteiger partial charge in [-0.3, -0.25) is 4.79 Å². The van der Waals surface area contributed by atoms with Gasteiger partial charge in [-0.2, -0.15) is 0 Å². The van der Waals surface area contributed by atoms with E-state index in [2.05, 4.69) is 0 Å². The predicted molar refractivity (Wildman–Crippen MR) is 59.6 cm³/mol. The average Bonchev–Trinajstić information content (AvgIpc) is 2.66. The first-order chi connectivity index (χ1) is 7.65. The van der Waals surface area contributed by atoms with Crippen molar-refractivity contribution in [3.63, 3.8) is 0 Å². The summed E-state index contributed by atoms with van der Waals surface area (Å²) in [4.78, 5) is 22.2. The van der Waals surface area contributed by atoms with Gasteiger partial charge in [0.1, 0.15) is 0 Å². The fourth-order valence-electron chi connectivity index (χ4n) is 1.80. The van der Waals surface area contributed by atoms with Crippen molar-refractivity contribution in [3.05, 3.63) is 36.0 Å². The van der Waals surface area contributed by atoms with Crippen LogP contribution >= 0.6 is 0 Å². The lowest BCUT2D eigenvalue weighted by Crippen LogP contribution is -2.12. The molecule has 0 aliphatic carbocycles. The Kier molecular flexibility index (Phi) is 2.48. The van der Waals surface area contributed by atoms with Gasteiger partial charge in [-0.1, -0.05) is 18.2 Å². The number of aryl methyl sites for hydroxylation is 1. The topological polar surface area (TPSA) is 59.3 Å². The zero-order chi connectivity index (χ0) is 11.7. The number of benzene rings is 1. The van der Waals surface area contributed by atoms with E-state index >= 15 is 0 Å². The second-order valence-corrected chi connectivity index (χ2v) is 3.48. The molecule has 0 unspecified atom stereocenters. The molecule has 0 fully saturated rings. The molecule has 0 spiro atoms. The summed E-state index contributed by atoms with van der Waals surface area (Å²) in [6.07, 6.45) is 1.60. The van der Waals surface area contributed by atoms with E-state index in [1.807, 2.05) is 23.6 Å². The quantitative estimate of drug-likeness (QED) is 0.631. The van der Waals surface area contributed by atoms with E-state index in [0.29, 0.717) is 11.9 Å². The van der Waals surface area contributed by atoms with Crippen LogP contribution in [0.4, 0.5) is 0 Å². The minimum atomic E-state index is -1.42. The zero-order valence-corrected chi connectivity index (χ0v) is 8.80. The van der Waals surface area contributed by atoms with Gasteiger partial charge in [-0.25, -0.2) is 4.79 Å². The second kappa shape index (κ2) is 3.81. The number of aliphatic carboxylic acids is 1. The van der Waals surface area contributed by atoms with Crippen LogP contribution in [0.15, 0.2) is 30.5 Å². The van der Waals surface area contributed by atoms with Gasteiger partial charge in [-0.05, 0) is 13.0 Å². The molecule has 4 heteroatoms. The molecule has 0 aliphatic rings. The van der Waals surface area contributed by atoms with Crippen molar-refractivity contribution in [1.29, 1.82) is 0 Å². The highest BCUT2D eigenvalue weighted by Gasteiger charge is 2.19. The van der Waals surface area contributed by atoms with Crippen molar-refractivity contribution < 1.29 is 14.7 Å². The summed E-state index contributed by atoms with van der Waals surface area (Å²) in [5, 5.41) is 9.41. The third-order valence-corrected chi connectivity index (χ3v) is 2.57. The summed E-state index contributed by atoms with van der Waals surface area (Å²) in [7, 11) is 0. The number of aromatic nitrogens is 1. The predicted octanol–water partition coefficient (Wildman–Crippen LogP) is 1.93. The maximum absolute atomic E-state index is 11.5. The van der Waals surface area contributed by atoms with Crippen LogP contribution in [0.5, 0.6) is 0 Å². The molecule has 0 amide bonds. The number of carboxylic acids is 1. The first kappa shape index (κ1) is 10.4. The Morgan fingerprint density at radius 1 is 1.31 bits per heavy atom. The molecular formula is C12H11NO3. The number of para-hydroxylation sites is 1. The molecular weight excluding hydrogens is 206 g/mol. The summed E-state index contributed by atoms with van der Waals surface area (Å²) in [6.45, 7) is 2.65. The molecule has 82 valence electrons. The number of carbonyl (C=O) groups excluding carboxylic acids is 1. The van der Waals surface area contributed by atoms with Crippen LogP contribution in [-0.4, -0.2) is 21.4 Å². The fourth-order valence-corrected chi connectivity index (χ4v) is 1.80. The number of ketones is 1. The summed E-state index contributed by atoms with van der Waals surface area (Å²) in [5.74, 6) is -2.28. The van der Waals surface area contributed by atoms with E-state index in [1.165, 1.54) is 0 Å². The molecule has 16 heavy (non-hydrogen) atoms. The summed E-state index contributed by atoms with van der Waals surface area (Å²) >= 11 is 0. The molecule has 2 aromatic rings. The molecule has 1 aromatic carbocycles. The Balaban J connectivity index is 2.71. The van der Waals surface area contributed by atoms with E-state index in [4.69, 9.17) is 5.11 Å². The maximum atomic E-state index is 11.5. The summed E-state index contributed by atoms with van der Waals surface area (Å²) < 4.78 is 1.87. The minimum Gasteiger partial charge on any atom is -0.475 e. The van der Waals surface area contributed by atoms with Gasteiger partial charge < -0.3 is 9.67 Å². The Bertz CT molecular complexity index is 569. The van der Waals surface area contributed by atoms with Crippen molar-refractivity contribution in [2.24, 2.45) is 0 Å². The van der Waals surface area contributed by atoms with Gasteiger partial charge in [0.15, 0.2) is 0 Å². The summed E-state index contributed by atoms with van der Waals surface area (Å²) in [6, 6.07) is 7.29. The van der Waals surface area contributed by atoms with Crippen molar-refractivity contribution in [2.45, 2.75) is 13.5 Å². The number of nitrogens with zero attached hydrogens (tertiary/aromatic N) is 1. The van der Waals surface area contributed by atoms with Gasteiger partial charge in [0, 0.05) is 23.6 Å². The Labute approximate surface area is 92.1 Å². The lowest BCUT2D eigenvalue weighted by atomic mass is 10.1. The number of hydrogen-bond donors (Lipinski definition) is 1. The number of carboxylic acid groups (broad SMARTS) is 1. The molecule has 0 saturated heterocycles. The molecule has 0 radical (unpaired) electrons. The van der Waals surface area contributed by atoms with Crippen LogP contribution in [0.1, 0.15) is 17.3 Å². The van der Waals surface area contributed by atoms with Crippen LogP contribution in [0.25, 0.3) is 10.9 Å². The van der Waals surface area contributed by atoms with Crippen LogP contribution < -0.4 is 0 Å². The lowest BCUT2D eigenvalue weighted by molar-refractivity contribution is -0.131. The number of carbonyl (C=O) groups is 2. The monoisotopic (exact) mass is 217 g/mol. The first-order valence-corrected chi connectivity index (χ1v) is 5.00. The molecule has 1 aromatic heterocycles. The fraction of sp³-hybridized carbons (Fsp3) is 0.167. The number of rotatable bonds is 3. The Hall–Kier alpha value is -2.10. The van der Waals surface area contributed by atoms with E-state index < -0.39 is 11.8 Å². The largest absolute Gasteiger partial charge is 0.475 e. The van der Waals surface area contributed by atoms with Crippen molar-refractivity contribution >= 4 is 22.7 Å². The smallest absolute Gasteiger partial charge is 0.377 e. The standard InChI is InChI=1S/C12H11NO3/c1-2-13-7-9(11(14)12(15)16)8-5-3-4-6-10(8)13/h3-7H,2H2,1H3,(H,15,16). The van der Waals surface area contributed by atoms with Gasteiger partial charge in [0.05, 0.1) is 5.56 Å². The molecule has 0 atom stereocenters. The van der Waals surface area contributed by atoms with Crippen LogP contribution in [0, 0.1) is 0 Å². The molecule has 0 bridgehead atoms. The highest BCUT2D eigenvalue weighted by Crippen LogP contribution is 2.21. The van der Waals surface area contributed by atoms with Crippen molar-refractivity contribution in [1.82, 2.24) is 4.57 Å². The van der Waals surface area contributed by atoms with Gasteiger partial charge >= 0.3 is 5.97 Å². The van der Waals surface area contributed by atoms with E-state index in [9.17, 15) is 9.59 Å². The second-order valence-electron chi connectivity index (χ2n) is 3.48. The number of hydrogen-bond acceptors (Lipinski definition) is 2. The molecule has 1 N–H and O–H groups in total. The van der Waals surface area contributed by atoms with E-state index in [0.717, 1.165) is 5.52 Å². The molecule has 4 nitrogen and oxygen atoms in total. The van der Waals surface area contributed by atoms with Gasteiger partial charge in [0.25, 0.3) is 5.78 Å². The SMILES string of the molecule is CCn1cc(C(=O)C(=O)O)c2ccccc21. The first-order valence-electron chi connectivity index (χ1n) is 5.00. The maximum Gasteiger partial charge on any atom is 0.377 e. The summed E-state index contributed by atoms with van der Waals surface area (Å²) in [5.41, 5.74) is 1.14. The third-order valence-electron chi connectivity index (χ3n) is 2.57. The van der Waals surface area contributed by atoms with Crippen molar-refractivity contribution in [2.75, 3.05) is 0 Å². The highest BCUT2D eigenvalue weighted by molar-refractivity contribution is 6.42. The molecule has 0 saturated carbocycles. The molecule has 1 heterocycles. The number of Topliss-reactive ketones (excluding diaryl/α,β-unsaturated/α-hetero) is 1. The average molecular weight is 217 g/mol. The molecule has 2 rings (SSSR count). The lowest BCUT2D eigenvalue weighted by Gasteiger charge is -1.97. The van der Waals surface area contributed by atoms with Gasteiger partial charge in [-0.15, -0.1) is 0 Å². The van der Waals surface area contributed by atoms with Crippen molar-refractivity contribution in [3.8, 4) is 0 Å². The minimum absolute atomic E-state index is 0.255. The van der Waals surface area contributed by atoms with Crippen LogP contribution in [0.2, 0.25) is 0 Å². The van der Waals surface area contributed by atoms with Gasteiger partial charge in [0.2, 0.25) is 0 Å². The van der Waals surface area contributed by atoms with Crippen LogP contribution in [0.3, 0.4) is 0 Å². The number of fused-ring (bicyclic) bond motifs is 1. The molecule has 0 aliphatic heterocycles.